The molecular formula is C68H102Cu2N2O8. The van der Waals surface area contributed by atoms with E-state index in [1.54, 1.807) is 13.8 Å². The van der Waals surface area contributed by atoms with E-state index in [1.807, 2.05) is 141 Å². The van der Waals surface area contributed by atoms with E-state index in [1.165, 1.54) is 14.2 Å². The molecule has 0 unspecified atom stereocenters. The van der Waals surface area contributed by atoms with Crippen molar-refractivity contribution in [2.75, 3.05) is 14.2 Å². The Morgan fingerprint density at radius 1 is 0.350 bits per heavy atom. The first-order chi connectivity index (χ1) is 35.0. The van der Waals surface area contributed by atoms with Crippen molar-refractivity contribution in [3.8, 4) is 23.0 Å². The molecule has 4 rings (SSSR count). The fraction of sp³-hybridized carbons (Fsp3) is 0.618. The Balaban J connectivity index is 0.000000780. The van der Waals surface area contributed by atoms with Gasteiger partial charge in [0, 0.05) is 26.2 Å². The first-order valence-electron chi connectivity index (χ1n) is 28.0. The summed E-state index contributed by atoms with van der Waals surface area (Å²) in [5.74, 6) is -0.864. The van der Waals surface area contributed by atoms with Gasteiger partial charge in [-0.25, -0.2) is 0 Å². The van der Waals surface area contributed by atoms with Gasteiger partial charge < -0.3 is 29.9 Å². The van der Waals surface area contributed by atoms with Crippen LogP contribution in [0, 0.1) is 0 Å². The maximum absolute atomic E-state index is 13.8. The molecule has 0 aliphatic heterocycles. The van der Waals surface area contributed by atoms with E-state index < -0.39 is 24.0 Å². The van der Waals surface area contributed by atoms with Gasteiger partial charge in [-0.1, -0.05) is 215 Å². The van der Waals surface area contributed by atoms with E-state index in [9.17, 15) is 30.0 Å². The topological polar surface area (TPSA) is 151 Å². The summed E-state index contributed by atoms with van der Waals surface area (Å²) in [6, 6.07) is 14.7. The summed E-state index contributed by atoms with van der Waals surface area (Å²) in [6.07, 6.45) is 0. The average molecular weight is 1200 g/mol. The van der Waals surface area contributed by atoms with E-state index in [0.717, 1.165) is 44.5 Å². The summed E-state index contributed by atoms with van der Waals surface area (Å²) in [5.41, 5.74) is 7.81. The number of methoxy groups -OCH3 is 2. The van der Waals surface area contributed by atoms with Crippen LogP contribution in [0.15, 0.2) is 48.5 Å². The van der Waals surface area contributed by atoms with E-state index in [4.69, 9.17) is 9.47 Å². The van der Waals surface area contributed by atoms with Gasteiger partial charge >= 0.3 is 46.1 Å². The second-order valence-electron chi connectivity index (χ2n) is 30.3. The first-order valence-corrected chi connectivity index (χ1v) is 28.0. The molecule has 0 N–H and O–H groups in total. The summed E-state index contributed by atoms with van der Waals surface area (Å²) < 4.78 is 10.2. The Morgan fingerprint density at radius 3 is 0.637 bits per heavy atom. The Labute approximate surface area is 506 Å². The third-order valence-electron chi connectivity index (χ3n) is 15.0. The second kappa shape index (κ2) is 26.7. The smallest absolute Gasteiger partial charge is 0.872 e. The van der Waals surface area contributed by atoms with Crippen LogP contribution >= 0.6 is 0 Å². The van der Waals surface area contributed by atoms with Gasteiger partial charge in [0.25, 0.3) is 0 Å². The first kappa shape index (κ1) is 74.0. The summed E-state index contributed by atoms with van der Waals surface area (Å²) in [4.78, 5) is 29.4. The predicted octanol–water partition coefficient (Wildman–Crippen LogP) is 13.2. The van der Waals surface area contributed by atoms with Gasteiger partial charge in [-0.15, -0.1) is 23.0 Å². The van der Waals surface area contributed by atoms with E-state index in [2.05, 4.69) is 83.1 Å². The molecule has 454 valence electrons. The summed E-state index contributed by atoms with van der Waals surface area (Å²) in [5, 5.41) is 55.1. The van der Waals surface area contributed by atoms with Crippen LogP contribution in [0.5, 0.6) is 23.0 Å². The molecule has 0 bridgehead atoms. The van der Waals surface area contributed by atoms with Crippen molar-refractivity contribution >= 4 is 11.9 Å². The molecule has 0 heterocycles. The molecule has 0 fully saturated rings. The maximum Gasteiger partial charge on any atom is 2.00 e. The quantitative estimate of drug-likeness (QED) is 0.0990. The fourth-order valence-electron chi connectivity index (χ4n) is 9.36. The minimum atomic E-state index is -0.651. The monoisotopic (exact) mass is 1200 g/mol. The molecule has 0 aliphatic rings. The van der Waals surface area contributed by atoms with Crippen LogP contribution in [0.1, 0.15) is 247 Å². The van der Waals surface area contributed by atoms with Gasteiger partial charge in [0.15, 0.2) is 0 Å². The van der Waals surface area contributed by atoms with Crippen molar-refractivity contribution in [3.63, 3.8) is 0 Å². The van der Waals surface area contributed by atoms with Crippen LogP contribution in [0.4, 0.5) is 0 Å². The van der Waals surface area contributed by atoms with Crippen molar-refractivity contribution in [1.29, 1.82) is 0 Å². The Bertz CT molecular complexity index is 2400. The molecular weight excluding hydrogens is 1100 g/mol. The van der Waals surface area contributed by atoms with Gasteiger partial charge in [0.1, 0.15) is 12.1 Å². The van der Waals surface area contributed by atoms with E-state index in [-0.39, 0.29) is 127 Å². The molecule has 0 spiro atoms. The van der Waals surface area contributed by atoms with Crippen LogP contribution in [0.2, 0.25) is 0 Å². The van der Waals surface area contributed by atoms with Gasteiger partial charge in [-0.05, 0) is 124 Å². The Morgan fingerprint density at radius 2 is 0.512 bits per heavy atom. The van der Waals surface area contributed by atoms with Crippen LogP contribution in [0.3, 0.4) is 0 Å². The molecule has 2 atom stereocenters. The number of carbonyl (C=O) groups is 2. The average Bonchev–Trinajstić information content (AvgIpc) is 3.26. The Hall–Kier alpha value is -4.02. The summed E-state index contributed by atoms with van der Waals surface area (Å²) in [7, 11) is 2.73. The van der Waals surface area contributed by atoms with Crippen LogP contribution in [-0.2, 0) is 123 Å². The minimum absolute atomic E-state index is 0. The number of esters is 2. The standard InChI is InChI=1S/2C34H53NO4.2Cu/c2*1-21(30(38)39-14)35(19-22-15-24(31(2,3)4)17-26(28(22)36)33(8,9)10)20-23-16-25(32(5,6)7)18-27(29(23)37)34(11,12)13;;/h2*15-18,21,36-37H,19-20H2,1-14H3;;/q;;2*+2/p-4/t2*21-;;/m00../s1. The molecule has 80 heavy (non-hydrogen) atoms. The molecule has 12 heteroatoms. The van der Waals surface area contributed by atoms with Crippen molar-refractivity contribution in [2.45, 2.75) is 262 Å². The van der Waals surface area contributed by atoms with Crippen molar-refractivity contribution in [3.05, 3.63) is 115 Å². The summed E-state index contributed by atoms with van der Waals surface area (Å²) in [6.45, 7) is 54.6. The Kier molecular flexibility index (Phi) is 24.7. The normalized spacial score (nSPS) is 13.7. The third-order valence-corrected chi connectivity index (χ3v) is 15.0. The number of hydrogen-bond donors (Lipinski definition) is 0. The van der Waals surface area contributed by atoms with Gasteiger partial charge in [0.2, 0.25) is 0 Å². The van der Waals surface area contributed by atoms with Crippen LogP contribution < -0.4 is 20.4 Å². The van der Waals surface area contributed by atoms with Crippen molar-refractivity contribution in [2.24, 2.45) is 0 Å². The largest absolute Gasteiger partial charge is 2.00 e. The van der Waals surface area contributed by atoms with Crippen molar-refractivity contribution in [1.82, 2.24) is 9.80 Å². The van der Waals surface area contributed by atoms with Crippen LogP contribution in [-0.4, -0.2) is 48.0 Å². The number of carbonyl (C=O) groups excluding carboxylic acids is 2. The number of hydrogen-bond acceptors (Lipinski definition) is 10. The maximum atomic E-state index is 13.8. The molecule has 0 saturated heterocycles. The fourth-order valence-corrected chi connectivity index (χ4v) is 9.36. The molecule has 2 radical (unpaired) electrons. The van der Waals surface area contributed by atoms with Gasteiger partial charge in [-0.3, -0.25) is 19.4 Å². The number of nitrogens with zero attached hydrogens (tertiary/aromatic N) is 2. The predicted molar refractivity (Wildman–Crippen MR) is 315 cm³/mol. The van der Waals surface area contributed by atoms with Gasteiger partial charge in [-0.2, -0.15) is 0 Å². The molecule has 0 saturated carbocycles. The minimum Gasteiger partial charge on any atom is -0.872 e. The summed E-state index contributed by atoms with van der Waals surface area (Å²) >= 11 is 0. The molecule has 0 aliphatic carbocycles. The zero-order chi connectivity index (χ0) is 60.6. The van der Waals surface area contributed by atoms with E-state index in [0.29, 0.717) is 22.3 Å². The van der Waals surface area contributed by atoms with E-state index >= 15 is 0 Å². The second-order valence-corrected chi connectivity index (χ2v) is 30.3. The molecule has 0 amide bonds. The third kappa shape index (κ3) is 19.0. The molecule has 4 aromatic carbocycles. The zero-order valence-corrected chi connectivity index (χ0v) is 56.2. The van der Waals surface area contributed by atoms with Crippen molar-refractivity contribution < 1.29 is 73.6 Å². The number of ether oxygens (including phenoxy) is 2. The molecule has 0 aromatic heterocycles. The number of benzene rings is 4. The van der Waals surface area contributed by atoms with Gasteiger partial charge in [0.05, 0.1) is 14.2 Å². The number of rotatable bonds is 12. The SMILES string of the molecule is COC(=O)[C@H](C)N(Cc1cc(C(C)(C)C)cc(C(C)(C)C)c1[O-])Cc1cc(C(C)(C)C)cc(C(C)(C)C)c1[O-].COC(=O)[C@H](C)N(Cc1cc(C(C)(C)C)cc(C(C)(C)C)c1[O-])Cc1cc(C(C)(C)C)cc(C(C)(C)C)c1[O-].[Cu+2].[Cu+2]. The van der Waals surface area contributed by atoms with Crippen LogP contribution in [0.25, 0.3) is 0 Å². The zero-order valence-electron chi connectivity index (χ0n) is 54.4. The molecule has 4 aromatic rings. The molecule has 10 nitrogen and oxygen atoms in total.